The molecule has 0 bridgehead atoms. The zero-order valence-corrected chi connectivity index (χ0v) is 16.9. The fourth-order valence-electron chi connectivity index (χ4n) is 4.52. The number of aromatic nitrogens is 5. The van der Waals surface area contributed by atoms with Crippen LogP contribution in [0.5, 0.6) is 5.75 Å². The summed E-state index contributed by atoms with van der Waals surface area (Å²) in [7, 11) is 1.67. The number of nitrogens with one attached hydrogen (secondary N) is 2. The second-order valence-electron chi connectivity index (χ2n) is 8.07. The first-order valence-corrected chi connectivity index (χ1v) is 10.3. The molecule has 2 heterocycles. The number of tetrazole rings is 1. The molecular weight excluding hydrogens is 368 g/mol. The Morgan fingerprint density at radius 3 is 2.93 bits per heavy atom. The number of aromatic amines is 1. The van der Waals surface area contributed by atoms with Crippen LogP contribution in [0, 0.1) is 5.41 Å². The van der Waals surface area contributed by atoms with E-state index in [0.717, 1.165) is 48.8 Å². The van der Waals surface area contributed by atoms with Crippen LogP contribution in [0.25, 0.3) is 10.9 Å². The number of rotatable bonds is 8. The van der Waals surface area contributed by atoms with Crippen LogP contribution in [0.15, 0.2) is 30.7 Å². The lowest BCUT2D eigenvalue weighted by Gasteiger charge is -2.36. The molecule has 8 nitrogen and oxygen atoms in total. The highest BCUT2D eigenvalue weighted by atomic mass is 16.5. The van der Waals surface area contributed by atoms with Crippen molar-refractivity contribution in [2.45, 2.75) is 51.5 Å². The maximum Gasteiger partial charge on any atom is 0.220 e. The van der Waals surface area contributed by atoms with Crippen molar-refractivity contribution in [2.75, 3.05) is 13.7 Å². The monoisotopic (exact) mass is 396 g/mol. The van der Waals surface area contributed by atoms with Gasteiger partial charge in [-0.05, 0) is 58.9 Å². The first-order valence-electron chi connectivity index (χ1n) is 10.3. The van der Waals surface area contributed by atoms with Gasteiger partial charge in [0, 0.05) is 30.1 Å². The number of ether oxygens (including phenoxy) is 1. The molecule has 1 aromatic carbocycles. The molecule has 1 amide bonds. The van der Waals surface area contributed by atoms with Crippen LogP contribution in [0.1, 0.15) is 44.1 Å². The fourth-order valence-corrected chi connectivity index (χ4v) is 4.52. The number of methoxy groups -OCH3 is 1. The molecule has 1 fully saturated rings. The van der Waals surface area contributed by atoms with Gasteiger partial charge >= 0.3 is 0 Å². The number of H-pyrrole nitrogens is 1. The summed E-state index contributed by atoms with van der Waals surface area (Å²) < 4.78 is 7.09. The van der Waals surface area contributed by atoms with Crippen molar-refractivity contribution >= 4 is 16.8 Å². The minimum atomic E-state index is -0.0497. The normalized spacial score (nSPS) is 16.0. The molecule has 29 heavy (non-hydrogen) atoms. The maximum absolute atomic E-state index is 12.7. The summed E-state index contributed by atoms with van der Waals surface area (Å²) >= 11 is 0. The second kappa shape index (κ2) is 8.63. The summed E-state index contributed by atoms with van der Waals surface area (Å²) in [5, 5.41) is 15.7. The molecule has 1 aliphatic carbocycles. The van der Waals surface area contributed by atoms with Gasteiger partial charge in [0.15, 0.2) is 0 Å². The molecule has 8 heteroatoms. The van der Waals surface area contributed by atoms with E-state index in [1.54, 1.807) is 18.1 Å². The van der Waals surface area contributed by atoms with E-state index < -0.39 is 0 Å². The summed E-state index contributed by atoms with van der Waals surface area (Å²) in [6.07, 6.45) is 10.6. The summed E-state index contributed by atoms with van der Waals surface area (Å²) in [6.45, 7) is 1.32. The average molecular weight is 396 g/mol. The third-order valence-corrected chi connectivity index (χ3v) is 6.03. The molecule has 0 aliphatic heterocycles. The van der Waals surface area contributed by atoms with Gasteiger partial charge in [0.1, 0.15) is 12.1 Å². The second-order valence-corrected chi connectivity index (χ2v) is 8.07. The maximum atomic E-state index is 12.7. The van der Waals surface area contributed by atoms with Crippen LogP contribution in [-0.2, 0) is 17.8 Å². The van der Waals surface area contributed by atoms with E-state index in [0.29, 0.717) is 19.5 Å². The zero-order chi connectivity index (χ0) is 20.1. The van der Waals surface area contributed by atoms with Gasteiger partial charge in [-0.15, -0.1) is 5.10 Å². The Labute approximate surface area is 170 Å². The van der Waals surface area contributed by atoms with Crippen molar-refractivity contribution in [3.05, 3.63) is 36.3 Å². The predicted octanol–water partition coefficient (Wildman–Crippen LogP) is 2.86. The first-order chi connectivity index (χ1) is 14.2. The van der Waals surface area contributed by atoms with Gasteiger partial charge in [-0.25, -0.2) is 4.68 Å². The van der Waals surface area contributed by atoms with Gasteiger partial charge in [-0.2, -0.15) is 0 Å². The third kappa shape index (κ3) is 4.58. The number of fused-ring (bicyclic) bond motifs is 1. The molecule has 0 saturated heterocycles. The summed E-state index contributed by atoms with van der Waals surface area (Å²) in [4.78, 5) is 16.0. The van der Waals surface area contributed by atoms with Crippen LogP contribution in [0.2, 0.25) is 0 Å². The third-order valence-electron chi connectivity index (χ3n) is 6.03. The zero-order valence-electron chi connectivity index (χ0n) is 16.9. The fraction of sp³-hybridized carbons (Fsp3) is 0.524. The van der Waals surface area contributed by atoms with Crippen LogP contribution < -0.4 is 10.1 Å². The highest BCUT2D eigenvalue weighted by Crippen LogP contribution is 2.40. The molecular formula is C21H28N6O2. The van der Waals surface area contributed by atoms with Crippen LogP contribution in [0.3, 0.4) is 0 Å². The van der Waals surface area contributed by atoms with E-state index >= 15 is 0 Å². The molecule has 0 spiro atoms. The molecule has 1 saturated carbocycles. The van der Waals surface area contributed by atoms with Gasteiger partial charge < -0.3 is 15.0 Å². The molecule has 0 atom stereocenters. The van der Waals surface area contributed by atoms with Crippen molar-refractivity contribution in [1.29, 1.82) is 0 Å². The lowest BCUT2D eigenvalue weighted by atomic mass is 9.71. The number of carbonyl (C=O) groups excluding carboxylic acids is 1. The van der Waals surface area contributed by atoms with Gasteiger partial charge in [-0.1, -0.05) is 19.3 Å². The van der Waals surface area contributed by atoms with Crippen molar-refractivity contribution in [3.63, 3.8) is 0 Å². The first kappa shape index (κ1) is 19.4. The minimum absolute atomic E-state index is 0.0497. The van der Waals surface area contributed by atoms with Crippen molar-refractivity contribution < 1.29 is 9.53 Å². The smallest absolute Gasteiger partial charge is 0.220 e. The quantitative estimate of drug-likeness (QED) is 0.610. The Morgan fingerprint density at radius 2 is 2.17 bits per heavy atom. The predicted molar refractivity (Wildman–Crippen MR) is 110 cm³/mol. The number of hydrogen-bond acceptors (Lipinski definition) is 5. The van der Waals surface area contributed by atoms with Crippen molar-refractivity contribution in [3.8, 4) is 5.75 Å². The van der Waals surface area contributed by atoms with Crippen molar-refractivity contribution in [2.24, 2.45) is 5.41 Å². The topological polar surface area (TPSA) is 97.7 Å². The highest BCUT2D eigenvalue weighted by molar-refractivity contribution is 5.84. The van der Waals surface area contributed by atoms with Crippen LogP contribution in [-0.4, -0.2) is 44.8 Å². The van der Waals surface area contributed by atoms with E-state index in [-0.39, 0.29) is 11.3 Å². The van der Waals surface area contributed by atoms with Gasteiger partial charge in [-0.3, -0.25) is 4.79 Å². The number of nitrogens with zero attached hydrogens (tertiary/aromatic N) is 4. The molecule has 2 N–H and O–H groups in total. The van der Waals surface area contributed by atoms with Gasteiger partial charge in [0.25, 0.3) is 0 Å². The lowest BCUT2D eigenvalue weighted by molar-refractivity contribution is -0.124. The Hall–Kier alpha value is -2.90. The Balaban J connectivity index is 1.35. The molecule has 3 aromatic rings. The number of benzene rings is 1. The molecule has 154 valence electrons. The van der Waals surface area contributed by atoms with E-state index in [2.05, 4.69) is 25.8 Å². The SMILES string of the molecule is COc1ccc2[nH]cc(CCNC(=O)CC3(Cn4cnnn4)CCCCC3)c2c1. The summed E-state index contributed by atoms with van der Waals surface area (Å²) in [6, 6.07) is 5.99. The largest absolute Gasteiger partial charge is 0.497 e. The molecule has 4 rings (SSSR count). The van der Waals surface area contributed by atoms with Gasteiger partial charge in [0.2, 0.25) is 5.91 Å². The number of amides is 1. The minimum Gasteiger partial charge on any atom is -0.497 e. The lowest BCUT2D eigenvalue weighted by Crippen LogP contribution is -2.37. The van der Waals surface area contributed by atoms with Crippen LogP contribution in [0.4, 0.5) is 0 Å². The van der Waals surface area contributed by atoms with E-state index in [9.17, 15) is 4.79 Å². The molecule has 0 radical (unpaired) electrons. The van der Waals surface area contributed by atoms with E-state index in [4.69, 9.17) is 4.74 Å². The molecule has 1 aliphatic rings. The highest BCUT2D eigenvalue weighted by Gasteiger charge is 2.35. The standard InChI is InChI=1S/C21H28N6O2/c1-29-17-5-6-19-18(11-17)16(13-23-19)7-10-22-20(28)12-21(8-3-2-4-9-21)14-27-15-24-25-26-27/h5-6,11,13,15,23H,2-4,7-10,12,14H2,1H3,(H,22,28). The summed E-state index contributed by atoms with van der Waals surface area (Å²) in [5.41, 5.74) is 2.21. The average Bonchev–Trinajstić information content (AvgIpc) is 3.38. The number of carbonyl (C=O) groups is 1. The molecule has 0 unspecified atom stereocenters. The molecule has 2 aromatic heterocycles. The Bertz CT molecular complexity index is 943. The van der Waals surface area contributed by atoms with Gasteiger partial charge in [0.05, 0.1) is 13.7 Å². The Morgan fingerprint density at radius 1 is 1.31 bits per heavy atom. The Kier molecular flexibility index (Phi) is 5.78. The van der Waals surface area contributed by atoms with E-state index in [1.807, 2.05) is 24.4 Å². The van der Waals surface area contributed by atoms with Crippen molar-refractivity contribution in [1.82, 2.24) is 30.5 Å². The van der Waals surface area contributed by atoms with E-state index in [1.165, 1.54) is 12.0 Å². The summed E-state index contributed by atoms with van der Waals surface area (Å²) in [5.74, 6) is 0.946. The number of hydrogen-bond donors (Lipinski definition) is 2. The van der Waals surface area contributed by atoms with Crippen LogP contribution >= 0.6 is 0 Å².